The molecule has 1 fully saturated rings. The lowest BCUT2D eigenvalue weighted by atomic mass is 9.79. The Balaban J connectivity index is 1.80. The Morgan fingerprint density at radius 2 is 2.36 bits per heavy atom. The highest BCUT2D eigenvalue weighted by atomic mass is 79.9. The molecule has 78 valence electrons. The van der Waals surface area contributed by atoms with Gasteiger partial charge in [0.25, 0.3) is 0 Å². The summed E-state index contributed by atoms with van der Waals surface area (Å²) in [5.41, 5.74) is 0. The lowest BCUT2D eigenvalue weighted by Crippen LogP contribution is -2.40. The van der Waals surface area contributed by atoms with E-state index in [-0.39, 0.29) is 0 Å². The summed E-state index contributed by atoms with van der Waals surface area (Å²) >= 11 is 5.49. The molecule has 1 N–H and O–H groups in total. The molecular formula is C11H16BrNS. The van der Waals surface area contributed by atoms with Crippen LogP contribution in [-0.4, -0.2) is 12.6 Å². The van der Waals surface area contributed by atoms with Crippen LogP contribution in [0.25, 0.3) is 0 Å². The van der Waals surface area contributed by atoms with E-state index in [4.69, 9.17) is 0 Å². The molecule has 0 radical (unpaired) electrons. The van der Waals surface area contributed by atoms with E-state index in [9.17, 15) is 0 Å². The third-order valence-corrected chi connectivity index (χ3v) is 4.87. The zero-order chi connectivity index (χ0) is 9.97. The van der Waals surface area contributed by atoms with Crippen molar-refractivity contribution in [1.82, 2.24) is 5.32 Å². The predicted octanol–water partition coefficient (Wildman–Crippen LogP) is 3.76. The minimum atomic E-state index is 0.772. The van der Waals surface area contributed by atoms with E-state index in [0.29, 0.717) is 0 Å². The van der Waals surface area contributed by atoms with Gasteiger partial charge in [0.15, 0.2) is 0 Å². The third-order valence-electron chi connectivity index (χ3n) is 2.84. The van der Waals surface area contributed by atoms with Crippen LogP contribution in [0.1, 0.15) is 37.0 Å². The van der Waals surface area contributed by atoms with Gasteiger partial charge in [0.05, 0.1) is 0 Å². The highest BCUT2D eigenvalue weighted by Gasteiger charge is 2.31. The molecule has 1 nitrogen and oxygen atoms in total. The average Bonchev–Trinajstić information content (AvgIpc) is 2.50. The monoisotopic (exact) mass is 273 g/mol. The van der Waals surface area contributed by atoms with E-state index in [0.717, 1.165) is 12.0 Å². The average molecular weight is 274 g/mol. The van der Waals surface area contributed by atoms with Gasteiger partial charge in [-0.15, -0.1) is 11.3 Å². The van der Waals surface area contributed by atoms with Gasteiger partial charge >= 0.3 is 0 Å². The molecule has 1 heterocycles. The lowest BCUT2D eigenvalue weighted by Gasteiger charge is -2.35. The van der Waals surface area contributed by atoms with Crippen LogP contribution >= 0.6 is 27.3 Å². The minimum absolute atomic E-state index is 0.772. The Kier molecular flexibility index (Phi) is 3.63. The Morgan fingerprint density at radius 3 is 2.93 bits per heavy atom. The number of halogens is 1. The molecule has 2 rings (SSSR count). The lowest BCUT2D eigenvalue weighted by molar-refractivity contribution is 0.294. The second-order valence-corrected chi connectivity index (χ2v) is 5.75. The highest BCUT2D eigenvalue weighted by Crippen LogP contribution is 2.42. The van der Waals surface area contributed by atoms with E-state index in [1.54, 1.807) is 4.88 Å². The van der Waals surface area contributed by atoms with Gasteiger partial charge < -0.3 is 5.32 Å². The van der Waals surface area contributed by atoms with E-state index in [1.165, 1.54) is 30.3 Å². The van der Waals surface area contributed by atoms with Crippen molar-refractivity contribution in [3.63, 3.8) is 0 Å². The maximum atomic E-state index is 3.60. The molecule has 0 atom stereocenters. The van der Waals surface area contributed by atoms with Crippen LogP contribution in [0, 0.1) is 0 Å². The Bertz CT molecular complexity index is 291. The van der Waals surface area contributed by atoms with Crippen LogP contribution in [0.3, 0.4) is 0 Å². The van der Waals surface area contributed by atoms with Crippen LogP contribution in [0.2, 0.25) is 0 Å². The molecule has 1 aliphatic rings. The molecule has 0 spiro atoms. The quantitative estimate of drug-likeness (QED) is 0.881. The number of thiophene rings is 1. The minimum Gasteiger partial charge on any atom is -0.314 e. The molecule has 1 saturated carbocycles. The summed E-state index contributed by atoms with van der Waals surface area (Å²) in [5, 5.41) is 5.74. The van der Waals surface area contributed by atoms with Crippen molar-refractivity contribution in [1.29, 1.82) is 0 Å². The standard InChI is InChI=1S/C11H16BrNS/c1-2-4-13-9-6-8(7-9)11-10(12)3-5-14-11/h3,5,8-9,13H,2,4,6-7H2,1H3. The van der Waals surface area contributed by atoms with Crippen LogP contribution in [-0.2, 0) is 0 Å². The van der Waals surface area contributed by atoms with Crippen LogP contribution in [0.4, 0.5) is 0 Å². The first kappa shape index (κ1) is 10.7. The third kappa shape index (κ3) is 2.20. The zero-order valence-corrected chi connectivity index (χ0v) is 10.8. The van der Waals surface area contributed by atoms with E-state index in [1.807, 2.05) is 11.3 Å². The largest absolute Gasteiger partial charge is 0.314 e. The first-order valence-electron chi connectivity index (χ1n) is 5.27. The normalized spacial score (nSPS) is 26.1. The summed E-state index contributed by atoms with van der Waals surface area (Å²) in [4.78, 5) is 1.54. The highest BCUT2D eigenvalue weighted by molar-refractivity contribution is 9.10. The summed E-state index contributed by atoms with van der Waals surface area (Å²) in [6.45, 7) is 3.39. The predicted molar refractivity (Wildman–Crippen MR) is 66.1 cm³/mol. The number of nitrogens with one attached hydrogen (secondary N) is 1. The molecule has 0 amide bonds. The first-order chi connectivity index (χ1) is 6.81. The molecule has 0 unspecified atom stereocenters. The fourth-order valence-corrected chi connectivity index (χ4v) is 3.77. The van der Waals surface area contributed by atoms with Gasteiger partial charge in [-0.05, 0) is 59.1 Å². The molecule has 1 aromatic rings. The second-order valence-electron chi connectivity index (χ2n) is 3.95. The summed E-state index contributed by atoms with van der Waals surface area (Å²) in [6, 6.07) is 2.93. The molecule has 0 aromatic carbocycles. The maximum absolute atomic E-state index is 3.60. The van der Waals surface area contributed by atoms with E-state index in [2.05, 4.69) is 39.6 Å². The fraction of sp³-hybridized carbons (Fsp3) is 0.636. The molecule has 0 bridgehead atoms. The van der Waals surface area contributed by atoms with Gasteiger partial charge in [0.2, 0.25) is 0 Å². The molecule has 1 aliphatic carbocycles. The van der Waals surface area contributed by atoms with Crippen LogP contribution < -0.4 is 5.32 Å². The number of rotatable bonds is 4. The van der Waals surface area contributed by atoms with Gasteiger partial charge in [-0.25, -0.2) is 0 Å². The zero-order valence-electron chi connectivity index (χ0n) is 8.42. The molecule has 14 heavy (non-hydrogen) atoms. The number of hydrogen-bond donors (Lipinski definition) is 1. The molecular weight excluding hydrogens is 258 g/mol. The smallest absolute Gasteiger partial charge is 0.0317 e. The molecule has 0 aliphatic heterocycles. The summed E-state index contributed by atoms with van der Waals surface area (Å²) in [6.07, 6.45) is 3.88. The van der Waals surface area contributed by atoms with Crippen molar-refractivity contribution >= 4 is 27.3 Å². The summed E-state index contributed by atoms with van der Waals surface area (Å²) in [5.74, 6) is 0.804. The first-order valence-corrected chi connectivity index (χ1v) is 6.94. The van der Waals surface area contributed by atoms with Crippen molar-refractivity contribution in [3.8, 4) is 0 Å². The van der Waals surface area contributed by atoms with Crippen molar-refractivity contribution in [2.45, 2.75) is 38.1 Å². The van der Waals surface area contributed by atoms with E-state index >= 15 is 0 Å². The molecule has 3 heteroatoms. The maximum Gasteiger partial charge on any atom is 0.0317 e. The van der Waals surface area contributed by atoms with Gasteiger partial charge in [0.1, 0.15) is 0 Å². The van der Waals surface area contributed by atoms with Gasteiger partial charge in [-0.3, -0.25) is 0 Å². The molecule has 0 saturated heterocycles. The van der Waals surface area contributed by atoms with Gasteiger partial charge in [0, 0.05) is 15.4 Å². The topological polar surface area (TPSA) is 12.0 Å². The van der Waals surface area contributed by atoms with Gasteiger partial charge in [-0.2, -0.15) is 0 Å². The van der Waals surface area contributed by atoms with Crippen molar-refractivity contribution < 1.29 is 0 Å². The number of hydrogen-bond acceptors (Lipinski definition) is 2. The second kappa shape index (κ2) is 4.77. The van der Waals surface area contributed by atoms with Gasteiger partial charge in [-0.1, -0.05) is 6.92 Å². The van der Waals surface area contributed by atoms with Crippen LogP contribution in [0.15, 0.2) is 15.9 Å². The Morgan fingerprint density at radius 1 is 1.57 bits per heavy atom. The Hall–Kier alpha value is 0.140. The van der Waals surface area contributed by atoms with Crippen LogP contribution in [0.5, 0.6) is 0 Å². The van der Waals surface area contributed by atoms with Crippen molar-refractivity contribution in [3.05, 3.63) is 20.8 Å². The Labute approximate surface area is 98.0 Å². The van der Waals surface area contributed by atoms with Crippen molar-refractivity contribution in [2.24, 2.45) is 0 Å². The SMILES string of the molecule is CCCNC1CC(c2sccc2Br)C1. The van der Waals surface area contributed by atoms with Crippen molar-refractivity contribution in [2.75, 3.05) is 6.54 Å². The summed E-state index contributed by atoms with van der Waals surface area (Å²) < 4.78 is 1.31. The fourth-order valence-electron chi connectivity index (χ4n) is 1.94. The van der Waals surface area contributed by atoms with E-state index < -0.39 is 0 Å². The summed E-state index contributed by atoms with van der Waals surface area (Å²) in [7, 11) is 0. The molecule has 1 aromatic heterocycles.